The fourth-order valence-corrected chi connectivity index (χ4v) is 1.41. The summed E-state index contributed by atoms with van der Waals surface area (Å²) in [6, 6.07) is 0. The third kappa shape index (κ3) is 2.99. The Morgan fingerprint density at radius 3 is 2.93 bits per heavy atom. The Kier molecular flexibility index (Phi) is 3.88. The lowest BCUT2D eigenvalue weighted by Gasteiger charge is -2.22. The van der Waals surface area contributed by atoms with Gasteiger partial charge in [-0.05, 0) is 12.5 Å². The van der Waals surface area contributed by atoms with Crippen LogP contribution in [0.2, 0.25) is 0 Å². The molecule has 1 aliphatic rings. The SMILES string of the molecule is CC(CN)CN1CCNC(=O)CC1=O. The van der Waals surface area contributed by atoms with Gasteiger partial charge in [-0.1, -0.05) is 6.92 Å². The highest BCUT2D eigenvalue weighted by Gasteiger charge is 2.21. The molecule has 0 bridgehead atoms. The van der Waals surface area contributed by atoms with E-state index in [1.54, 1.807) is 4.90 Å². The predicted molar refractivity (Wildman–Crippen MR) is 52.4 cm³/mol. The molecule has 0 spiro atoms. The molecule has 1 fully saturated rings. The Labute approximate surface area is 83.6 Å². The monoisotopic (exact) mass is 199 g/mol. The van der Waals surface area contributed by atoms with Crippen molar-refractivity contribution in [3.8, 4) is 0 Å². The highest BCUT2D eigenvalue weighted by Crippen LogP contribution is 2.03. The summed E-state index contributed by atoms with van der Waals surface area (Å²) in [6.45, 7) is 4.33. The number of hydrogen-bond donors (Lipinski definition) is 2. The second-order valence-electron chi connectivity index (χ2n) is 3.71. The van der Waals surface area contributed by atoms with Crippen LogP contribution in [-0.4, -0.2) is 42.9 Å². The zero-order valence-corrected chi connectivity index (χ0v) is 8.45. The van der Waals surface area contributed by atoms with Crippen molar-refractivity contribution in [1.82, 2.24) is 10.2 Å². The molecule has 0 aromatic carbocycles. The van der Waals surface area contributed by atoms with Gasteiger partial charge in [0.05, 0.1) is 0 Å². The molecule has 0 aromatic heterocycles. The normalized spacial score (nSPS) is 20.3. The van der Waals surface area contributed by atoms with Crippen molar-refractivity contribution in [1.29, 1.82) is 0 Å². The third-order valence-electron chi connectivity index (χ3n) is 2.30. The van der Waals surface area contributed by atoms with Crippen LogP contribution in [0.25, 0.3) is 0 Å². The van der Waals surface area contributed by atoms with Crippen LogP contribution in [0.5, 0.6) is 0 Å². The Bertz CT molecular complexity index is 230. The molecule has 14 heavy (non-hydrogen) atoms. The van der Waals surface area contributed by atoms with Gasteiger partial charge in [-0.15, -0.1) is 0 Å². The fourth-order valence-electron chi connectivity index (χ4n) is 1.41. The molecule has 80 valence electrons. The van der Waals surface area contributed by atoms with E-state index >= 15 is 0 Å². The number of nitrogens with one attached hydrogen (secondary N) is 1. The number of nitrogens with zero attached hydrogens (tertiary/aromatic N) is 1. The van der Waals surface area contributed by atoms with Crippen LogP contribution < -0.4 is 11.1 Å². The van der Waals surface area contributed by atoms with Crippen molar-refractivity contribution in [2.24, 2.45) is 11.7 Å². The van der Waals surface area contributed by atoms with Gasteiger partial charge in [0.15, 0.2) is 0 Å². The van der Waals surface area contributed by atoms with E-state index in [0.29, 0.717) is 26.2 Å². The first-order valence-electron chi connectivity index (χ1n) is 4.88. The van der Waals surface area contributed by atoms with Gasteiger partial charge in [-0.2, -0.15) is 0 Å². The van der Waals surface area contributed by atoms with Crippen LogP contribution in [0.15, 0.2) is 0 Å². The molecule has 3 N–H and O–H groups in total. The molecule has 0 saturated carbocycles. The van der Waals surface area contributed by atoms with Crippen molar-refractivity contribution in [2.75, 3.05) is 26.2 Å². The van der Waals surface area contributed by atoms with Gasteiger partial charge in [0.2, 0.25) is 11.8 Å². The maximum atomic E-state index is 11.5. The fraction of sp³-hybridized carbons (Fsp3) is 0.778. The van der Waals surface area contributed by atoms with Gasteiger partial charge in [0.1, 0.15) is 6.42 Å². The maximum absolute atomic E-state index is 11.5. The summed E-state index contributed by atoms with van der Waals surface area (Å²) in [5.74, 6) is 0.00496. The van der Waals surface area contributed by atoms with Crippen molar-refractivity contribution < 1.29 is 9.59 Å². The molecular formula is C9H17N3O2. The highest BCUT2D eigenvalue weighted by molar-refractivity contribution is 5.97. The molecule has 1 saturated heterocycles. The van der Waals surface area contributed by atoms with Crippen LogP contribution >= 0.6 is 0 Å². The number of hydrogen-bond acceptors (Lipinski definition) is 3. The Morgan fingerprint density at radius 1 is 1.57 bits per heavy atom. The van der Waals surface area contributed by atoms with Crippen LogP contribution in [0.1, 0.15) is 13.3 Å². The molecule has 1 atom stereocenters. The highest BCUT2D eigenvalue weighted by atomic mass is 16.2. The van der Waals surface area contributed by atoms with E-state index in [4.69, 9.17) is 5.73 Å². The maximum Gasteiger partial charge on any atom is 0.232 e. The van der Waals surface area contributed by atoms with Crippen molar-refractivity contribution >= 4 is 11.8 Å². The Morgan fingerprint density at radius 2 is 2.29 bits per heavy atom. The summed E-state index contributed by atoms with van der Waals surface area (Å²) >= 11 is 0. The zero-order valence-electron chi connectivity index (χ0n) is 8.45. The standard InChI is InChI=1S/C9H17N3O2/c1-7(5-10)6-12-3-2-11-8(13)4-9(12)14/h7H,2-6,10H2,1H3,(H,11,13). The largest absolute Gasteiger partial charge is 0.354 e. The van der Waals surface area contributed by atoms with Gasteiger partial charge in [0.25, 0.3) is 0 Å². The van der Waals surface area contributed by atoms with E-state index < -0.39 is 0 Å². The van der Waals surface area contributed by atoms with Crippen LogP contribution in [-0.2, 0) is 9.59 Å². The number of carbonyl (C=O) groups excluding carboxylic acids is 2. The van der Waals surface area contributed by atoms with Gasteiger partial charge >= 0.3 is 0 Å². The second kappa shape index (κ2) is 4.95. The van der Waals surface area contributed by atoms with E-state index in [2.05, 4.69) is 5.32 Å². The van der Waals surface area contributed by atoms with Gasteiger partial charge in [-0.25, -0.2) is 0 Å². The summed E-state index contributed by atoms with van der Waals surface area (Å²) < 4.78 is 0. The van der Waals surface area contributed by atoms with E-state index in [9.17, 15) is 9.59 Å². The second-order valence-corrected chi connectivity index (χ2v) is 3.71. The smallest absolute Gasteiger partial charge is 0.232 e. The number of rotatable bonds is 3. The summed E-state index contributed by atoms with van der Waals surface area (Å²) in [5, 5.41) is 2.66. The van der Waals surface area contributed by atoms with Crippen LogP contribution in [0.4, 0.5) is 0 Å². The molecule has 0 aromatic rings. The summed E-state index contributed by atoms with van der Waals surface area (Å²) in [7, 11) is 0. The van der Waals surface area contributed by atoms with Gasteiger partial charge in [0, 0.05) is 19.6 Å². The Balaban J connectivity index is 2.50. The lowest BCUT2D eigenvalue weighted by molar-refractivity contribution is -0.134. The minimum atomic E-state index is -0.182. The predicted octanol–water partition coefficient (Wildman–Crippen LogP) is -1.07. The number of amides is 2. The molecule has 1 heterocycles. The first kappa shape index (κ1) is 11.0. The minimum absolute atomic E-state index is 0.0305. The summed E-state index contributed by atoms with van der Waals surface area (Å²) in [5.41, 5.74) is 5.48. The quantitative estimate of drug-likeness (QED) is 0.568. The van der Waals surface area contributed by atoms with E-state index in [-0.39, 0.29) is 24.2 Å². The van der Waals surface area contributed by atoms with Gasteiger partial charge in [-0.3, -0.25) is 9.59 Å². The van der Waals surface area contributed by atoms with Crippen LogP contribution in [0.3, 0.4) is 0 Å². The molecule has 0 radical (unpaired) electrons. The molecule has 5 heteroatoms. The Hall–Kier alpha value is -1.10. The minimum Gasteiger partial charge on any atom is -0.354 e. The number of carbonyl (C=O) groups is 2. The van der Waals surface area contributed by atoms with E-state index in [1.807, 2.05) is 6.92 Å². The van der Waals surface area contributed by atoms with E-state index in [1.165, 1.54) is 0 Å². The number of nitrogens with two attached hydrogens (primary N) is 1. The van der Waals surface area contributed by atoms with Crippen molar-refractivity contribution in [3.63, 3.8) is 0 Å². The molecule has 1 rings (SSSR count). The van der Waals surface area contributed by atoms with E-state index in [0.717, 1.165) is 0 Å². The lowest BCUT2D eigenvalue weighted by atomic mass is 10.1. The molecule has 1 unspecified atom stereocenters. The molecule has 5 nitrogen and oxygen atoms in total. The molecule has 0 aliphatic carbocycles. The first-order chi connectivity index (χ1) is 6.63. The molecular weight excluding hydrogens is 182 g/mol. The lowest BCUT2D eigenvalue weighted by Crippen LogP contribution is -2.37. The first-order valence-corrected chi connectivity index (χ1v) is 4.88. The molecule has 2 amide bonds. The zero-order chi connectivity index (χ0) is 10.6. The summed E-state index contributed by atoms with van der Waals surface area (Å²) in [4.78, 5) is 24.2. The van der Waals surface area contributed by atoms with Crippen molar-refractivity contribution in [3.05, 3.63) is 0 Å². The van der Waals surface area contributed by atoms with Crippen LogP contribution in [0, 0.1) is 5.92 Å². The van der Waals surface area contributed by atoms with Crippen molar-refractivity contribution in [2.45, 2.75) is 13.3 Å². The average Bonchev–Trinajstić information content (AvgIpc) is 2.29. The topological polar surface area (TPSA) is 75.4 Å². The summed E-state index contributed by atoms with van der Waals surface area (Å²) in [6.07, 6.45) is -0.0305. The van der Waals surface area contributed by atoms with Gasteiger partial charge < -0.3 is 16.0 Å². The third-order valence-corrected chi connectivity index (χ3v) is 2.30. The molecule has 1 aliphatic heterocycles. The average molecular weight is 199 g/mol.